The van der Waals surface area contributed by atoms with E-state index < -0.39 is 11.2 Å². The number of nitrogens with zero attached hydrogens (tertiary/aromatic N) is 1. The first-order valence-corrected chi connectivity index (χ1v) is 6.77. The van der Waals surface area contributed by atoms with E-state index in [9.17, 15) is 14.0 Å². The van der Waals surface area contributed by atoms with Crippen molar-refractivity contribution in [3.05, 3.63) is 62.6 Å². The summed E-state index contributed by atoms with van der Waals surface area (Å²) in [5.74, 6) is -0.0620. The van der Waals surface area contributed by atoms with Crippen molar-refractivity contribution < 1.29 is 4.39 Å². The van der Waals surface area contributed by atoms with Crippen LogP contribution in [0.3, 0.4) is 0 Å². The molecular weight excluding hydrogens is 273 g/mol. The summed E-state index contributed by atoms with van der Waals surface area (Å²) < 4.78 is 14.8. The van der Waals surface area contributed by atoms with Crippen LogP contribution in [0.2, 0.25) is 0 Å². The molecule has 0 radical (unpaired) electrons. The molecule has 0 unspecified atom stereocenters. The Balaban J connectivity index is 2.31. The Morgan fingerprint density at radius 3 is 2.43 bits per heavy atom. The van der Waals surface area contributed by atoms with E-state index in [0.717, 1.165) is 4.57 Å². The molecule has 0 spiro atoms. The normalized spacial score (nSPS) is 12.4. The molecule has 2 aromatic rings. The van der Waals surface area contributed by atoms with Crippen LogP contribution in [0.4, 0.5) is 10.2 Å². The predicted octanol–water partition coefficient (Wildman–Crippen LogP) is 2.43. The van der Waals surface area contributed by atoms with Crippen LogP contribution in [0.5, 0.6) is 0 Å². The first kappa shape index (κ1) is 15.0. The lowest BCUT2D eigenvalue weighted by molar-refractivity contribution is 0.546. The maximum absolute atomic E-state index is 13.7. The number of rotatable bonds is 4. The maximum Gasteiger partial charge on any atom is 0.330 e. The number of aromatic nitrogens is 2. The molecule has 2 rings (SSSR count). The van der Waals surface area contributed by atoms with Gasteiger partial charge < -0.3 is 5.32 Å². The molecule has 1 aromatic carbocycles. The minimum Gasteiger partial charge on any atom is -0.365 e. The van der Waals surface area contributed by atoms with Gasteiger partial charge in [0.15, 0.2) is 0 Å². The number of nitrogens with one attached hydrogen (secondary N) is 2. The smallest absolute Gasteiger partial charge is 0.330 e. The Hall–Kier alpha value is -2.37. The number of anilines is 1. The fourth-order valence-corrected chi connectivity index (χ4v) is 2.21. The fourth-order valence-electron chi connectivity index (χ4n) is 2.21. The largest absolute Gasteiger partial charge is 0.365 e. The Morgan fingerprint density at radius 1 is 1.19 bits per heavy atom. The minimum atomic E-state index is -0.485. The minimum absolute atomic E-state index is 0.223. The molecule has 0 saturated carbocycles. The SMILES string of the molecule is CC(C)n1c(=O)cc(N[C@@H](C)c2ccccc2F)[nH]c1=O. The van der Waals surface area contributed by atoms with E-state index in [4.69, 9.17) is 0 Å². The molecule has 1 atom stereocenters. The lowest BCUT2D eigenvalue weighted by Gasteiger charge is -2.17. The van der Waals surface area contributed by atoms with Gasteiger partial charge in [0.2, 0.25) is 0 Å². The van der Waals surface area contributed by atoms with Crippen LogP contribution < -0.4 is 16.6 Å². The van der Waals surface area contributed by atoms with Crippen molar-refractivity contribution in [1.82, 2.24) is 9.55 Å². The van der Waals surface area contributed by atoms with Gasteiger partial charge in [0.05, 0.1) is 6.04 Å². The van der Waals surface area contributed by atoms with Gasteiger partial charge in [-0.1, -0.05) is 18.2 Å². The van der Waals surface area contributed by atoms with Gasteiger partial charge in [0.1, 0.15) is 11.6 Å². The van der Waals surface area contributed by atoms with Crippen LogP contribution in [0.1, 0.15) is 38.4 Å². The molecule has 112 valence electrons. The summed E-state index contributed by atoms with van der Waals surface area (Å²) >= 11 is 0. The number of benzene rings is 1. The van der Waals surface area contributed by atoms with Gasteiger partial charge in [-0.05, 0) is 26.8 Å². The summed E-state index contributed by atoms with van der Waals surface area (Å²) in [5.41, 5.74) is -0.413. The van der Waals surface area contributed by atoms with Gasteiger partial charge in [-0.2, -0.15) is 0 Å². The van der Waals surface area contributed by atoms with Crippen LogP contribution in [0, 0.1) is 5.82 Å². The number of aromatic amines is 1. The van der Waals surface area contributed by atoms with Gasteiger partial charge in [-0.3, -0.25) is 14.3 Å². The van der Waals surface area contributed by atoms with E-state index in [1.54, 1.807) is 39.0 Å². The average molecular weight is 291 g/mol. The van der Waals surface area contributed by atoms with Crippen molar-refractivity contribution in [3.8, 4) is 0 Å². The van der Waals surface area contributed by atoms with Crippen molar-refractivity contribution >= 4 is 5.82 Å². The molecule has 1 aromatic heterocycles. The first-order chi connectivity index (χ1) is 9.90. The molecule has 5 nitrogen and oxygen atoms in total. The zero-order chi connectivity index (χ0) is 15.6. The second kappa shape index (κ2) is 5.95. The van der Waals surface area contributed by atoms with E-state index in [1.807, 2.05) is 0 Å². The molecule has 0 aliphatic carbocycles. The van der Waals surface area contributed by atoms with E-state index in [2.05, 4.69) is 10.3 Å². The fraction of sp³-hybridized carbons (Fsp3) is 0.333. The van der Waals surface area contributed by atoms with Crippen LogP contribution in [-0.4, -0.2) is 9.55 Å². The Morgan fingerprint density at radius 2 is 1.86 bits per heavy atom. The molecule has 0 amide bonds. The monoisotopic (exact) mass is 291 g/mol. The highest BCUT2D eigenvalue weighted by atomic mass is 19.1. The van der Waals surface area contributed by atoms with Crippen molar-refractivity contribution in [2.24, 2.45) is 0 Å². The van der Waals surface area contributed by atoms with Gasteiger partial charge in [0, 0.05) is 17.7 Å². The van der Waals surface area contributed by atoms with Crippen LogP contribution in [0.15, 0.2) is 39.9 Å². The Kier molecular flexibility index (Phi) is 4.26. The summed E-state index contributed by atoms with van der Waals surface area (Å²) in [7, 11) is 0. The highest BCUT2D eigenvalue weighted by molar-refractivity contribution is 5.37. The van der Waals surface area contributed by atoms with Gasteiger partial charge in [-0.15, -0.1) is 0 Å². The summed E-state index contributed by atoms with van der Waals surface area (Å²) in [6.07, 6.45) is 0. The zero-order valence-corrected chi connectivity index (χ0v) is 12.2. The maximum atomic E-state index is 13.7. The molecule has 0 bridgehead atoms. The van der Waals surface area contributed by atoms with E-state index in [1.165, 1.54) is 12.1 Å². The van der Waals surface area contributed by atoms with Crippen molar-refractivity contribution in [1.29, 1.82) is 0 Å². The van der Waals surface area contributed by atoms with E-state index in [0.29, 0.717) is 5.56 Å². The molecule has 6 heteroatoms. The second-order valence-corrected chi connectivity index (χ2v) is 5.18. The predicted molar refractivity (Wildman–Crippen MR) is 80.1 cm³/mol. The third-order valence-electron chi connectivity index (χ3n) is 3.23. The quantitative estimate of drug-likeness (QED) is 0.909. The summed E-state index contributed by atoms with van der Waals surface area (Å²) in [6, 6.07) is 7.06. The molecule has 0 fully saturated rings. The Labute approximate surface area is 121 Å². The summed E-state index contributed by atoms with van der Waals surface area (Å²) in [6.45, 7) is 5.27. The summed E-state index contributed by atoms with van der Waals surface area (Å²) in [4.78, 5) is 26.4. The number of hydrogen-bond donors (Lipinski definition) is 2. The lowest BCUT2D eigenvalue weighted by atomic mass is 10.1. The average Bonchev–Trinajstić information content (AvgIpc) is 2.37. The molecular formula is C15H18FN3O2. The van der Waals surface area contributed by atoms with Gasteiger partial charge >= 0.3 is 5.69 Å². The molecule has 0 aliphatic rings. The molecule has 21 heavy (non-hydrogen) atoms. The topological polar surface area (TPSA) is 66.9 Å². The molecule has 0 saturated heterocycles. The standard InChI is InChI=1S/C15H18FN3O2/c1-9(2)19-14(20)8-13(18-15(19)21)17-10(3)11-6-4-5-7-12(11)16/h4-10,17H,1-3H3,(H,18,21)/t10-/m0/s1. The molecule has 2 N–H and O–H groups in total. The van der Waals surface area contributed by atoms with Crippen LogP contribution in [0.25, 0.3) is 0 Å². The van der Waals surface area contributed by atoms with Crippen LogP contribution >= 0.6 is 0 Å². The number of halogens is 1. The summed E-state index contributed by atoms with van der Waals surface area (Å²) in [5, 5.41) is 2.94. The highest BCUT2D eigenvalue weighted by Crippen LogP contribution is 2.19. The van der Waals surface area contributed by atoms with Gasteiger partial charge in [0.25, 0.3) is 5.56 Å². The molecule has 1 heterocycles. The number of H-pyrrole nitrogens is 1. The number of hydrogen-bond acceptors (Lipinski definition) is 3. The lowest BCUT2D eigenvalue weighted by Crippen LogP contribution is -2.36. The highest BCUT2D eigenvalue weighted by Gasteiger charge is 2.12. The third kappa shape index (κ3) is 3.21. The van der Waals surface area contributed by atoms with Gasteiger partial charge in [-0.25, -0.2) is 9.18 Å². The second-order valence-electron chi connectivity index (χ2n) is 5.18. The first-order valence-electron chi connectivity index (χ1n) is 6.77. The van der Waals surface area contributed by atoms with Crippen molar-refractivity contribution in [2.45, 2.75) is 32.9 Å². The van der Waals surface area contributed by atoms with Crippen molar-refractivity contribution in [3.63, 3.8) is 0 Å². The molecule has 0 aliphatic heterocycles. The Bertz CT molecular complexity index is 718. The van der Waals surface area contributed by atoms with Crippen molar-refractivity contribution in [2.75, 3.05) is 5.32 Å². The van der Waals surface area contributed by atoms with E-state index in [-0.39, 0.29) is 23.7 Å². The van der Waals surface area contributed by atoms with Crippen LogP contribution in [-0.2, 0) is 0 Å². The zero-order valence-electron chi connectivity index (χ0n) is 12.2. The van der Waals surface area contributed by atoms with E-state index >= 15 is 0 Å². The third-order valence-corrected chi connectivity index (χ3v) is 3.23.